The number of halogens is 1. The third kappa shape index (κ3) is 5.27. The quantitative estimate of drug-likeness (QED) is 0.447. The van der Waals surface area contributed by atoms with E-state index in [1.165, 1.54) is 4.42 Å². The van der Waals surface area contributed by atoms with Gasteiger partial charge in [0.05, 0.1) is 19.3 Å². The summed E-state index contributed by atoms with van der Waals surface area (Å²) in [6.45, 7) is 7.50. The van der Waals surface area contributed by atoms with Crippen LogP contribution in [0, 0.1) is 5.92 Å². The van der Waals surface area contributed by atoms with Crippen molar-refractivity contribution in [3.63, 3.8) is 0 Å². The van der Waals surface area contributed by atoms with Crippen LogP contribution in [-0.4, -0.2) is 75.4 Å². The lowest BCUT2D eigenvalue weighted by molar-refractivity contribution is -0.191. The van der Waals surface area contributed by atoms with Gasteiger partial charge in [-0.2, -0.15) is 0 Å². The summed E-state index contributed by atoms with van der Waals surface area (Å²) in [5.41, 5.74) is 0. The first-order valence-corrected chi connectivity index (χ1v) is 8.31. The van der Waals surface area contributed by atoms with Crippen molar-refractivity contribution in [3.05, 3.63) is 0 Å². The van der Waals surface area contributed by atoms with Gasteiger partial charge in [0.2, 0.25) is 0 Å². The number of esters is 1. The zero-order valence-electron chi connectivity index (χ0n) is 14.1. The lowest BCUT2D eigenvalue weighted by atomic mass is 9.94. The van der Waals surface area contributed by atoms with E-state index in [-0.39, 0.29) is 25.2 Å². The monoisotopic (exact) mass is 353 g/mol. The topological polar surface area (TPSA) is 99.5 Å². The fourth-order valence-corrected chi connectivity index (χ4v) is 3.06. The molecule has 7 nitrogen and oxygen atoms in total. The summed E-state index contributed by atoms with van der Waals surface area (Å²) < 4.78 is 11.8. The van der Waals surface area contributed by atoms with Crippen molar-refractivity contribution < 1.29 is 29.6 Å². The zero-order valence-corrected chi connectivity index (χ0v) is 14.8. The Labute approximate surface area is 142 Å². The Morgan fingerprint density at radius 3 is 2.43 bits per heavy atom. The summed E-state index contributed by atoms with van der Waals surface area (Å²) in [5, 5.41) is 29.2. The molecule has 1 saturated heterocycles. The Morgan fingerprint density at radius 1 is 1.30 bits per heavy atom. The van der Waals surface area contributed by atoms with Crippen LogP contribution >= 0.6 is 11.8 Å². The Bertz CT molecular complexity index is 383. The highest BCUT2D eigenvalue weighted by Crippen LogP contribution is 2.25. The van der Waals surface area contributed by atoms with Crippen molar-refractivity contribution in [2.24, 2.45) is 5.92 Å². The molecule has 1 heterocycles. The molecule has 1 rings (SSSR count). The molecular weight excluding hydrogens is 326 g/mol. The van der Waals surface area contributed by atoms with Crippen molar-refractivity contribution in [2.75, 3.05) is 13.2 Å². The van der Waals surface area contributed by atoms with Crippen molar-refractivity contribution in [2.45, 2.75) is 70.6 Å². The largest absolute Gasteiger partial charge is 0.465 e. The van der Waals surface area contributed by atoms with Gasteiger partial charge in [-0.25, -0.2) is 4.42 Å². The van der Waals surface area contributed by atoms with Gasteiger partial charge in [-0.1, -0.05) is 13.8 Å². The van der Waals surface area contributed by atoms with Gasteiger partial charge in [0.15, 0.2) is 0 Å². The molecule has 0 spiro atoms. The summed E-state index contributed by atoms with van der Waals surface area (Å²) in [7, 11) is 0. The smallest absolute Gasteiger partial charge is 0.324 e. The molecule has 0 saturated carbocycles. The van der Waals surface area contributed by atoms with E-state index < -0.39 is 36.4 Å². The van der Waals surface area contributed by atoms with Crippen molar-refractivity contribution >= 4 is 17.7 Å². The number of carbonyl (C=O) groups is 1. The number of carbonyl (C=O) groups excluding carboxylic acids is 1. The summed E-state index contributed by atoms with van der Waals surface area (Å²) in [6, 6.07) is -0.932. The molecule has 1 aliphatic rings. The van der Waals surface area contributed by atoms with E-state index in [9.17, 15) is 20.1 Å². The maximum Gasteiger partial charge on any atom is 0.324 e. The summed E-state index contributed by atoms with van der Waals surface area (Å²) in [5.74, 6) is -0.455. The summed E-state index contributed by atoms with van der Waals surface area (Å²) in [6.07, 6.45) is -3.93. The molecule has 0 aromatic carbocycles. The van der Waals surface area contributed by atoms with Crippen LogP contribution in [0.25, 0.3) is 0 Å². The third-order valence-electron chi connectivity index (χ3n) is 4.03. The minimum Gasteiger partial charge on any atom is -0.465 e. The highest BCUT2D eigenvalue weighted by Gasteiger charge is 2.40. The lowest BCUT2D eigenvalue weighted by Gasteiger charge is -2.38. The average Bonchev–Trinajstić information content (AvgIpc) is 2.47. The second-order valence-corrected chi connectivity index (χ2v) is 6.68. The van der Waals surface area contributed by atoms with Gasteiger partial charge < -0.3 is 24.8 Å². The van der Waals surface area contributed by atoms with Gasteiger partial charge in [-0.15, -0.1) is 0 Å². The van der Waals surface area contributed by atoms with Crippen LogP contribution in [0.15, 0.2) is 0 Å². The van der Waals surface area contributed by atoms with Gasteiger partial charge >= 0.3 is 5.97 Å². The van der Waals surface area contributed by atoms with E-state index in [4.69, 9.17) is 21.3 Å². The van der Waals surface area contributed by atoms with Crippen LogP contribution in [0.3, 0.4) is 0 Å². The lowest BCUT2D eigenvalue weighted by Crippen LogP contribution is -2.55. The van der Waals surface area contributed by atoms with Crippen molar-refractivity contribution in [1.29, 1.82) is 0 Å². The van der Waals surface area contributed by atoms with Crippen LogP contribution in [0.5, 0.6) is 0 Å². The first-order chi connectivity index (χ1) is 10.7. The zero-order chi connectivity index (χ0) is 17.7. The third-order valence-corrected chi connectivity index (χ3v) is 4.57. The molecule has 1 unspecified atom stereocenters. The summed E-state index contributed by atoms with van der Waals surface area (Å²) >= 11 is 6.34. The highest BCUT2D eigenvalue weighted by atomic mass is 35.5. The summed E-state index contributed by atoms with van der Waals surface area (Å²) in [4.78, 5) is 12.1. The maximum absolute atomic E-state index is 12.1. The Hall–Kier alpha value is -0.440. The molecule has 1 fully saturated rings. The van der Waals surface area contributed by atoms with Gasteiger partial charge in [0.25, 0.3) is 0 Å². The minimum atomic E-state index is -1.25. The van der Waals surface area contributed by atoms with E-state index in [1.807, 2.05) is 13.8 Å². The molecule has 3 N–H and O–H groups in total. The maximum atomic E-state index is 12.1. The van der Waals surface area contributed by atoms with Gasteiger partial charge in [0, 0.05) is 6.04 Å². The average molecular weight is 354 g/mol. The Kier molecular flexibility index (Phi) is 8.20. The second-order valence-electron chi connectivity index (χ2n) is 6.29. The fourth-order valence-electron chi connectivity index (χ4n) is 2.67. The van der Waals surface area contributed by atoms with E-state index >= 15 is 0 Å². The SMILES string of the molecule is CCOC(=O)[C@@H](C(C)C)N(Cl)C(C)C[C@@H]1OC[C@@H](O)[C@H](O)[C@H]1O. The highest BCUT2D eigenvalue weighted by molar-refractivity contribution is 6.15. The Balaban J connectivity index is 2.71. The van der Waals surface area contributed by atoms with Crippen molar-refractivity contribution in [3.8, 4) is 0 Å². The van der Waals surface area contributed by atoms with E-state index in [1.54, 1.807) is 13.8 Å². The predicted octanol–water partition coefficient (Wildman–Crippen LogP) is 0.290. The molecule has 136 valence electrons. The number of nitrogens with zero attached hydrogens (tertiary/aromatic N) is 1. The molecule has 23 heavy (non-hydrogen) atoms. The fraction of sp³-hybridized carbons (Fsp3) is 0.933. The normalized spacial score (nSPS) is 31.2. The van der Waals surface area contributed by atoms with Crippen LogP contribution < -0.4 is 0 Å². The first-order valence-electron chi connectivity index (χ1n) is 7.97. The van der Waals surface area contributed by atoms with Crippen molar-refractivity contribution in [1.82, 2.24) is 4.42 Å². The number of aliphatic hydroxyl groups excluding tert-OH is 3. The van der Waals surface area contributed by atoms with Gasteiger partial charge in [0.1, 0.15) is 24.4 Å². The molecule has 6 atom stereocenters. The second kappa shape index (κ2) is 9.15. The molecule has 0 aromatic rings. The number of aliphatic hydroxyl groups is 3. The van der Waals surface area contributed by atoms with Crippen LogP contribution in [0.4, 0.5) is 0 Å². The predicted molar refractivity (Wildman–Crippen MR) is 84.8 cm³/mol. The molecule has 0 radical (unpaired) electrons. The number of hydrogen-bond acceptors (Lipinski definition) is 7. The van der Waals surface area contributed by atoms with E-state index in [2.05, 4.69) is 0 Å². The van der Waals surface area contributed by atoms with E-state index in [0.29, 0.717) is 6.42 Å². The van der Waals surface area contributed by atoms with Crippen LogP contribution in [0.2, 0.25) is 0 Å². The van der Waals surface area contributed by atoms with Gasteiger partial charge in [-0.05, 0) is 38.0 Å². The molecular formula is C15H28ClNO6. The van der Waals surface area contributed by atoms with Crippen LogP contribution in [-0.2, 0) is 14.3 Å². The molecule has 0 bridgehead atoms. The van der Waals surface area contributed by atoms with Crippen LogP contribution in [0.1, 0.15) is 34.1 Å². The molecule has 0 aliphatic carbocycles. The minimum absolute atomic E-state index is 0.0522. The molecule has 8 heteroatoms. The molecule has 1 aliphatic heterocycles. The van der Waals surface area contributed by atoms with E-state index in [0.717, 1.165) is 0 Å². The number of rotatable bonds is 7. The Morgan fingerprint density at radius 2 is 1.91 bits per heavy atom. The van der Waals surface area contributed by atoms with Gasteiger partial charge in [-0.3, -0.25) is 4.79 Å². The first kappa shape index (κ1) is 20.6. The molecule has 0 aromatic heterocycles. The number of ether oxygens (including phenoxy) is 2. The molecule has 0 amide bonds. The number of hydrogen-bond donors (Lipinski definition) is 3. The standard InChI is InChI=1S/C15H28ClNO6/c1-5-22-15(21)12(8(2)3)17(16)9(4)6-11-14(20)13(19)10(18)7-23-11/h8-14,18-20H,5-7H2,1-4H3/t9?,10-,11+,12-,13+,14+/m1/s1.